The summed E-state index contributed by atoms with van der Waals surface area (Å²) >= 11 is 6.17. The third-order valence-electron chi connectivity index (χ3n) is 6.89. The average Bonchev–Trinajstić information content (AvgIpc) is 3.36. The van der Waals surface area contributed by atoms with E-state index in [0.717, 1.165) is 11.1 Å². The Balaban J connectivity index is 1.62. The Kier molecular flexibility index (Phi) is 4.97. The van der Waals surface area contributed by atoms with Crippen molar-refractivity contribution in [3.8, 4) is 0 Å². The maximum Gasteiger partial charge on any atom is 0.210 e. The molecule has 1 atom stereocenters. The molecule has 6 rings (SSSR count). The van der Waals surface area contributed by atoms with Crippen LogP contribution < -0.4 is 5.32 Å². The number of allylic oxidation sites excluding steroid dienone is 3. The number of ketones is 3. The van der Waals surface area contributed by atoms with Crippen molar-refractivity contribution in [1.82, 2.24) is 10.2 Å². The number of Topliss-reactive ketones (excluding diaryl/α,β-unsaturated/α-hetero) is 3. The van der Waals surface area contributed by atoms with Crippen molar-refractivity contribution in [1.29, 1.82) is 0 Å². The van der Waals surface area contributed by atoms with Crippen LogP contribution in [0.25, 0.3) is 0 Å². The molecule has 1 saturated heterocycles. The summed E-state index contributed by atoms with van der Waals surface area (Å²) in [5.74, 6) is -0.718. The van der Waals surface area contributed by atoms with Crippen molar-refractivity contribution in [2.24, 2.45) is 0 Å². The van der Waals surface area contributed by atoms with Gasteiger partial charge in [0.25, 0.3) is 0 Å². The lowest BCUT2D eigenvalue weighted by atomic mass is 9.72. The van der Waals surface area contributed by atoms with Gasteiger partial charge >= 0.3 is 0 Å². The Morgan fingerprint density at radius 3 is 2.26 bits per heavy atom. The molecule has 2 heterocycles. The average molecular weight is 481 g/mol. The van der Waals surface area contributed by atoms with Gasteiger partial charge in [-0.2, -0.15) is 0 Å². The van der Waals surface area contributed by atoms with Crippen LogP contribution in [-0.2, 0) is 0 Å². The fourth-order valence-electron chi connectivity index (χ4n) is 5.24. The zero-order valence-corrected chi connectivity index (χ0v) is 19.7. The van der Waals surface area contributed by atoms with Crippen molar-refractivity contribution in [2.75, 3.05) is 13.1 Å². The minimum absolute atomic E-state index is 0.176. The Morgan fingerprint density at radius 1 is 0.914 bits per heavy atom. The molecule has 1 fully saturated rings. The van der Waals surface area contributed by atoms with E-state index < -0.39 is 5.92 Å². The number of hydrogen-bond donors (Lipinski definition) is 1. The van der Waals surface area contributed by atoms with Crippen LogP contribution in [0.4, 0.5) is 0 Å². The predicted octanol–water partition coefficient (Wildman–Crippen LogP) is 5.08. The molecule has 5 nitrogen and oxygen atoms in total. The molecule has 0 aromatic heterocycles. The summed E-state index contributed by atoms with van der Waals surface area (Å²) in [5, 5.41) is 3.89. The summed E-state index contributed by atoms with van der Waals surface area (Å²) < 4.78 is 0. The zero-order valence-electron chi connectivity index (χ0n) is 19.0. The van der Waals surface area contributed by atoms with Crippen LogP contribution in [-0.4, -0.2) is 35.3 Å². The number of rotatable bonds is 3. The lowest BCUT2D eigenvalue weighted by Crippen LogP contribution is -2.40. The van der Waals surface area contributed by atoms with Gasteiger partial charge in [0.2, 0.25) is 5.78 Å². The highest BCUT2D eigenvalue weighted by atomic mass is 35.5. The Hall–Kier alpha value is -3.96. The van der Waals surface area contributed by atoms with Crippen molar-refractivity contribution in [3.05, 3.63) is 128 Å². The molecule has 0 saturated carbocycles. The zero-order chi connectivity index (χ0) is 24.3. The summed E-state index contributed by atoms with van der Waals surface area (Å²) in [4.78, 5) is 43.6. The van der Waals surface area contributed by atoms with Gasteiger partial charge < -0.3 is 10.2 Å². The second-order valence-electron chi connectivity index (χ2n) is 8.99. The molecule has 35 heavy (non-hydrogen) atoms. The van der Waals surface area contributed by atoms with E-state index in [1.54, 1.807) is 48.5 Å². The number of benzene rings is 3. The first-order valence-electron chi connectivity index (χ1n) is 11.5. The highest BCUT2D eigenvalue weighted by Crippen LogP contribution is 2.47. The van der Waals surface area contributed by atoms with Gasteiger partial charge in [-0.15, -0.1) is 0 Å². The van der Waals surface area contributed by atoms with Crippen LogP contribution in [0.2, 0.25) is 5.02 Å². The van der Waals surface area contributed by atoms with Crippen molar-refractivity contribution in [2.45, 2.75) is 12.8 Å². The second-order valence-corrected chi connectivity index (χ2v) is 9.42. The minimum atomic E-state index is -0.710. The first kappa shape index (κ1) is 21.6. The van der Waals surface area contributed by atoms with E-state index in [-0.39, 0.29) is 17.3 Å². The molecule has 0 amide bonds. The number of halogens is 1. The SMILES string of the molecule is Cc1ccc(C(=O)C2=C3NCCN3C3=C(C(=O)c4ccccc4C3=O)C2c2ccc(Cl)cc2)cc1. The largest absolute Gasteiger partial charge is 0.369 e. The number of nitrogens with one attached hydrogen (secondary N) is 1. The molecule has 172 valence electrons. The molecule has 6 heteroatoms. The molecule has 1 unspecified atom stereocenters. The maximum atomic E-state index is 14.0. The van der Waals surface area contributed by atoms with Crippen LogP contribution >= 0.6 is 11.6 Å². The third kappa shape index (κ3) is 3.27. The van der Waals surface area contributed by atoms with E-state index in [0.29, 0.717) is 57.5 Å². The van der Waals surface area contributed by atoms with E-state index in [1.807, 2.05) is 36.1 Å². The summed E-state index contributed by atoms with van der Waals surface area (Å²) in [7, 11) is 0. The summed E-state index contributed by atoms with van der Waals surface area (Å²) in [6.45, 7) is 3.02. The quantitative estimate of drug-likeness (QED) is 0.530. The standard InChI is InChI=1S/C29H21ClN2O3/c1-16-6-8-18(9-7-16)26(33)24-22(17-10-12-19(30)13-11-17)23-25(32-15-14-31-29(24)32)28(35)21-5-3-2-4-20(21)27(23)34/h2-13,22,31H,14-15H2,1H3. The fourth-order valence-corrected chi connectivity index (χ4v) is 5.37. The van der Waals surface area contributed by atoms with E-state index in [4.69, 9.17) is 11.6 Å². The van der Waals surface area contributed by atoms with Gasteiger partial charge in [-0.05, 0) is 24.6 Å². The molecule has 0 spiro atoms. The highest BCUT2D eigenvalue weighted by Gasteiger charge is 2.48. The van der Waals surface area contributed by atoms with Crippen LogP contribution in [0.3, 0.4) is 0 Å². The van der Waals surface area contributed by atoms with Crippen molar-refractivity contribution < 1.29 is 14.4 Å². The van der Waals surface area contributed by atoms with E-state index in [9.17, 15) is 14.4 Å². The minimum Gasteiger partial charge on any atom is -0.369 e. The van der Waals surface area contributed by atoms with Crippen LogP contribution in [0.1, 0.15) is 48.1 Å². The normalized spacial score (nSPS) is 18.8. The van der Waals surface area contributed by atoms with E-state index in [2.05, 4.69) is 5.32 Å². The highest BCUT2D eigenvalue weighted by molar-refractivity contribution is 6.31. The summed E-state index contributed by atoms with van der Waals surface area (Å²) in [6.07, 6.45) is 0. The van der Waals surface area contributed by atoms with Gasteiger partial charge in [-0.1, -0.05) is 77.8 Å². The van der Waals surface area contributed by atoms with Gasteiger partial charge in [0.1, 0.15) is 5.82 Å². The van der Waals surface area contributed by atoms with Gasteiger partial charge in [0.15, 0.2) is 11.6 Å². The smallest absolute Gasteiger partial charge is 0.210 e. The predicted molar refractivity (Wildman–Crippen MR) is 134 cm³/mol. The lowest BCUT2D eigenvalue weighted by Gasteiger charge is -2.38. The van der Waals surface area contributed by atoms with E-state index in [1.165, 1.54) is 0 Å². The number of carbonyl (C=O) groups excluding carboxylic acids is 3. The second kappa shape index (κ2) is 8.07. The monoisotopic (exact) mass is 480 g/mol. The van der Waals surface area contributed by atoms with Crippen LogP contribution in [0.5, 0.6) is 0 Å². The van der Waals surface area contributed by atoms with Gasteiger partial charge in [-0.3, -0.25) is 14.4 Å². The van der Waals surface area contributed by atoms with Gasteiger partial charge in [-0.25, -0.2) is 0 Å². The number of carbonyl (C=O) groups is 3. The Morgan fingerprint density at radius 2 is 1.57 bits per heavy atom. The first-order valence-corrected chi connectivity index (χ1v) is 11.9. The maximum absolute atomic E-state index is 14.0. The molecule has 3 aromatic rings. The molecule has 3 aliphatic rings. The first-order chi connectivity index (χ1) is 17.0. The summed E-state index contributed by atoms with van der Waals surface area (Å²) in [5.41, 5.74) is 4.25. The molecule has 3 aromatic carbocycles. The molecular formula is C29H21ClN2O3. The Labute approximate surface area is 207 Å². The van der Waals surface area contributed by atoms with Gasteiger partial charge in [0.05, 0.1) is 11.3 Å². The van der Waals surface area contributed by atoms with Crippen LogP contribution in [0.15, 0.2) is 95.5 Å². The molecule has 0 bridgehead atoms. The lowest BCUT2D eigenvalue weighted by molar-refractivity contribution is 0.0936. The topological polar surface area (TPSA) is 66.5 Å². The van der Waals surface area contributed by atoms with Crippen molar-refractivity contribution >= 4 is 29.0 Å². The number of fused-ring (bicyclic) bond motifs is 3. The van der Waals surface area contributed by atoms with Gasteiger partial charge in [0, 0.05) is 46.3 Å². The number of hydrogen-bond acceptors (Lipinski definition) is 5. The number of aryl methyl sites for hydroxylation is 1. The molecule has 1 N–H and O–H groups in total. The Bertz CT molecular complexity index is 1480. The van der Waals surface area contributed by atoms with E-state index >= 15 is 0 Å². The molecular weight excluding hydrogens is 460 g/mol. The fraction of sp³-hybridized carbons (Fsp3) is 0.138. The number of nitrogens with zero attached hydrogens (tertiary/aromatic N) is 1. The molecule has 2 aliphatic heterocycles. The summed E-state index contributed by atoms with van der Waals surface area (Å²) in [6, 6.07) is 21.4. The van der Waals surface area contributed by atoms with Crippen molar-refractivity contribution in [3.63, 3.8) is 0 Å². The van der Waals surface area contributed by atoms with Crippen LogP contribution in [0, 0.1) is 6.92 Å². The molecule has 0 radical (unpaired) electrons. The third-order valence-corrected chi connectivity index (χ3v) is 7.14. The molecule has 1 aliphatic carbocycles.